The third-order valence-corrected chi connectivity index (χ3v) is 5.02. The third kappa shape index (κ3) is 3.55. The molecule has 0 aliphatic carbocycles. The average molecular weight is 405 g/mol. The molecular formula is C18H14BrFN2OS. The van der Waals surface area contributed by atoms with E-state index < -0.39 is 11.7 Å². The molecule has 0 spiro atoms. The van der Waals surface area contributed by atoms with E-state index in [4.69, 9.17) is 0 Å². The summed E-state index contributed by atoms with van der Waals surface area (Å²) in [5.41, 5.74) is 4.36. The van der Waals surface area contributed by atoms with Crippen molar-refractivity contribution in [3.05, 3.63) is 68.8 Å². The van der Waals surface area contributed by atoms with Crippen molar-refractivity contribution in [2.45, 2.75) is 13.8 Å². The Labute approximate surface area is 151 Å². The van der Waals surface area contributed by atoms with E-state index in [1.807, 2.05) is 25.3 Å². The molecule has 3 rings (SSSR count). The molecule has 0 radical (unpaired) electrons. The van der Waals surface area contributed by atoms with Crippen LogP contribution in [0.2, 0.25) is 0 Å². The van der Waals surface area contributed by atoms with Gasteiger partial charge in [0.25, 0.3) is 5.91 Å². The maximum atomic E-state index is 13.3. The number of rotatable bonds is 3. The van der Waals surface area contributed by atoms with Gasteiger partial charge in [0.15, 0.2) is 5.13 Å². The Balaban J connectivity index is 1.85. The molecule has 3 nitrogen and oxygen atoms in total. The molecule has 6 heteroatoms. The Kier molecular flexibility index (Phi) is 4.78. The molecule has 0 bridgehead atoms. The summed E-state index contributed by atoms with van der Waals surface area (Å²) < 4.78 is 13.9. The fourth-order valence-corrected chi connectivity index (χ4v) is 3.43. The number of aromatic nitrogens is 1. The molecule has 2 aromatic carbocycles. The third-order valence-electron chi connectivity index (χ3n) is 3.57. The molecular weight excluding hydrogens is 391 g/mol. The summed E-state index contributed by atoms with van der Waals surface area (Å²) in [6, 6.07) is 10.2. The van der Waals surface area contributed by atoms with Crippen LogP contribution in [0.4, 0.5) is 9.52 Å². The van der Waals surface area contributed by atoms with Crippen molar-refractivity contribution in [3.8, 4) is 11.3 Å². The Morgan fingerprint density at radius 1 is 1.21 bits per heavy atom. The molecule has 0 saturated heterocycles. The first kappa shape index (κ1) is 16.8. The van der Waals surface area contributed by atoms with Crippen molar-refractivity contribution in [2.75, 3.05) is 5.32 Å². The van der Waals surface area contributed by atoms with Gasteiger partial charge in [0.05, 0.1) is 11.3 Å². The second kappa shape index (κ2) is 6.83. The van der Waals surface area contributed by atoms with Gasteiger partial charge in [-0.3, -0.25) is 10.1 Å². The van der Waals surface area contributed by atoms with Crippen molar-refractivity contribution < 1.29 is 9.18 Å². The van der Waals surface area contributed by atoms with Crippen molar-refractivity contribution in [1.82, 2.24) is 4.98 Å². The highest BCUT2D eigenvalue weighted by molar-refractivity contribution is 9.10. The predicted octanol–water partition coefficient (Wildman–Crippen LogP) is 5.58. The largest absolute Gasteiger partial charge is 0.298 e. The zero-order chi connectivity index (χ0) is 17.3. The summed E-state index contributed by atoms with van der Waals surface area (Å²) in [4.78, 5) is 16.8. The van der Waals surface area contributed by atoms with Crippen LogP contribution in [0.3, 0.4) is 0 Å². The molecule has 0 aliphatic rings. The van der Waals surface area contributed by atoms with E-state index in [0.29, 0.717) is 9.60 Å². The summed E-state index contributed by atoms with van der Waals surface area (Å²) in [6.07, 6.45) is 0. The second-order valence-corrected chi connectivity index (χ2v) is 7.15. The van der Waals surface area contributed by atoms with E-state index in [-0.39, 0.29) is 5.56 Å². The van der Waals surface area contributed by atoms with E-state index in [1.165, 1.54) is 29.5 Å². The summed E-state index contributed by atoms with van der Waals surface area (Å²) in [6.45, 7) is 4.05. The number of aryl methyl sites for hydroxylation is 2. The summed E-state index contributed by atoms with van der Waals surface area (Å²) in [7, 11) is 0. The highest BCUT2D eigenvalue weighted by Crippen LogP contribution is 2.29. The van der Waals surface area contributed by atoms with Gasteiger partial charge >= 0.3 is 0 Å². The number of carbonyl (C=O) groups excluding carboxylic acids is 1. The van der Waals surface area contributed by atoms with Crippen LogP contribution in [-0.4, -0.2) is 10.9 Å². The molecule has 0 atom stereocenters. The molecule has 0 unspecified atom stereocenters. The lowest BCUT2D eigenvalue weighted by Crippen LogP contribution is -2.12. The Morgan fingerprint density at radius 3 is 2.79 bits per heavy atom. The van der Waals surface area contributed by atoms with Crippen molar-refractivity contribution in [2.24, 2.45) is 0 Å². The lowest BCUT2D eigenvalue weighted by molar-refractivity contribution is 0.102. The van der Waals surface area contributed by atoms with Gasteiger partial charge in [0.1, 0.15) is 5.82 Å². The molecule has 3 aromatic rings. The number of amides is 1. The molecule has 1 N–H and O–H groups in total. The maximum absolute atomic E-state index is 13.3. The minimum Gasteiger partial charge on any atom is -0.298 e. The van der Waals surface area contributed by atoms with Gasteiger partial charge < -0.3 is 0 Å². The zero-order valence-corrected chi connectivity index (χ0v) is 15.5. The van der Waals surface area contributed by atoms with Crippen LogP contribution in [0.5, 0.6) is 0 Å². The van der Waals surface area contributed by atoms with E-state index in [1.54, 1.807) is 0 Å². The molecule has 1 amide bonds. The first-order valence-corrected chi connectivity index (χ1v) is 8.91. The number of hydrogen-bond acceptors (Lipinski definition) is 3. The van der Waals surface area contributed by atoms with Crippen LogP contribution in [0.25, 0.3) is 11.3 Å². The van der Waals surface area contributed by atoms with Crippen LogP contribution in [0.1, 0.15) is 21.5 Å². The van der Waals surface area contributed by atoms with Crippen LogP contribution < -0.4 is 5.32 Å². The Morgan fingerprint density at radius 2 is 2.00 bits per heavy atom. The van der Waals surface area contributed by atoms with E-state index in [9.17, 15) is 9.18 Å². The van der Waals surface area contributed by atoms with Crippen LogP contribution in [-0.2, 0) is 0 Å². The number of thiazole rings is 1. The number of carbonyl (C=O) groups is 1. The minimum absolute atomic E-state index is 0.235. The van der Waals surface area contributed by atoms with Crippen molar-refractivity contribution in [3.63, 3.8) is 0 Å². The lowest BCUT2D eigenvalue weighted by atomic mass is 10.0. The van der Waals surface area contributed by atoms with Gasteiger partial charge in [-0.2, -0.15) is 0 Å². The summed E-state index contributed by atoms with van der Waals surface area (Å²) >= 11 is 4.60. The van der Waals surface area contributed by atoms with Gasteiger partial charge in [-0.05, 0) is 59.6 Å². The number of hydrogen-bond donors (Lipinski definition) is 1. The molecule has 0 saturated carbocycles. The molecule has 24 heavy (non-hydrogen) atoms. The molecule has 122 valence electrons. The Hall–Kier alpha value is -2.05. The number of nitrogens with one attached hydrogen (secondary N) is 1. The van der Waals surface area contributed by atoms with Crippen molar-refractivity contribution >= 4 is 38.3 Å². The van der Waals surface area contributed by atoms with E-state index in [0.717, 1.165) is 22.4 Å². The topological polar surface area (TPSA) is 42.0 Å². The first-order chi connectivity index (χ1) is 11.4. The van der Waals surface area contributed by atoms with Gasteiger partial charge in [-0.1, -0.05) is 17.7 Å². The SMILES string of the molecule is Cc1ccc(C)c(-c2csc(NC(=O)c3cc(F)ccc3Br)n2)c1. The number of halogens is 2. The highest BCUT2D eigenvalue weighted by Gasteiger charge is 2.14. The van der Waals surface area contributed by atoms with Crippen molar-refractivity contribution in [1.29, 1.82) is 0 Å². The average Bonchev–Trinajstić information content (AvgIpc) is 3.00. The first-order valence-electron chi connectivity index (χ1n) is 7.23. The number of benzene rings is 2. The molecule has 1 aromatic heterocycles. The van der Waals surface area contributed by atoms with Gasteiger partial charge in [0.2, 0.25) is 0 Å². The summed E-state index contributed by atoms with van der Waals surface area (Å²) in [5.74, 6) is -0.859. The van der Waals surface area contributed by atoms with Crippen LogP contribution in [0.15, 0.2) is 46.3 Å². The van der Waals surface area contributed by atoms with Gasteiger partial charge in [-0.25, -0.2) is 9.37 Å². The maximum Gasteiger partial charge on any atom is 0.258 e. The normalized spacial score (nSPS) is 10.7. The summed E-state index contributed by atoms with van der Waals surface area (Å²) in [5, 5.41) is 5.10. The fourth-order valence-electron chi connectivity index (χ4n) is 2.30. The smallest absolute Gasteiger partial charge is 0.258 e. The molecule has 0 fully saturated rings. The van der Waals surface area contributed by atoms with Gasteiger partial charge in [-0.15, -0.1) is 11.3 Å². The number of nitrogens with zero attached hydrogens (tertiary/aromatic N) is 1. The van der Waals surface area contributed by atoms with Crippen LogP contribution in [0, 0.1) is 19.7 Å². The zero-order valence-electron chi connectivity index (χ0n) is 13.1. The lowest BCUT2D eigenvalue weighted by Gasteiger charge is -2.05. The quantitative estimate of drug-likeness (QED) is 0.618. The number of anilines is 1. The van der Waals surface area contributed by atoms with Crippen LogP contribution >= 0.6 is 27.3 Å². The molecule has 0 aliphatic heterocycles. The fraction of sp³-hybridized carbons (Fsp3) is 0.111. The Bertz CT molecular complexity index is 923. The monoisotopic (exact) mass is 404 g/mol. The molecule has 1 heterocycles. The van der Waals surface area contributed by atoms with E-state index in [2.05, 4.69) is 38.4 Å². The highest BCUT2D eigenvalue weighted by atomic mass is 79.9. The second-order valence-electron chi connectivity index (χ2n) is 5.43. The van der Waals surface area contributed by atoms with E-state index >= 15 is 0 Å². The predicted molar refractivity (Wildman–Crippen MR) is 99.1 cm³/mol. The standard InChI is InChI=1S/C18H14BrFN2OS/c1-10-3-4-11(2)13(7-10)16-9-24-18(21-16)22-17(23)14-8-12(20)5-6-15(14)19/h3-9H,1-2H3,(H,21,22,23). The minimum atomic E-state index is -0.460. The van der Waals surface area contributed by atoms with Gasteiger partial charge in [0, 0.05) is 15.4 Å².